The summed E-state index contributed by atoms with van der Waals surface area (Å²) in [5.74, 6) is -2.76. The second kappa shape index (κ2) is 5.62. The van der Waals surface area contributed by atoms with Crippen molar-refractivity contribution in [3.8, 4) is 0 Å². The highest BCUT2D eigenvalue weighted by atomic mass is 19.1. The predicted octanol–water partition coefficient (Wildman–Crippen LogP) is 2.67. The van der Waals surface area contributed by atoms with E-state index in [0.717, 1.165) is 17.7 Å². The van der Waals surface area contributed by atoms with E-state index < -0.39 is 23.3 Å². The number of carbonyl (C=O) groups is 2. The van der Waals surface area contributed by atoms with Gasteiger partial charge < -0.3 is 16.2 Å². The van der Waals surface area contributed by atoms with Crippen LogP contribution >= 0.6 is 0 Å². The van der Waals surface area contributed by atoms with Gasteiger partial charge in [-0.3, -0.25) is 4.79 Å². The number of carboxylic acids is 1. The van der Waals surface area contributed by atoms with Crippen molar-refractivity contribution in [2.24, 2.45) is 0 Å². The van der Waals surface area contributed by atoms with E-state index in [0.29, 0.717) is 5.69 Å². The average Bonchev–Trinajstić information content (AvgIpc) is 2.43. The molecule has 1 amide bonds. The first-order chi connectivity index (χ1) is 9.88. The number of amides is 1. The van der Waals surface area contributed by atoms with Gasteiger partial charge in [-0.25, -0.2) is 9.18 Å². The molecule has 6 heteroatoms. The van der Waals surface area contributed by atoms with Crippen LogP contribution in [-0.2, 0) is 0 Å². The zero-order valence-electron chi connectivity index (χ0n) is 11.2. The maximum absolute atomic E-state index is 13.3. The summed E-state index contributed by atoms with van der Waals surface area (Å²) in [7, 11) is 0. The Morgan fingerprint density at radius 2 is 1.86 bits per heavy atom. The van der Waals surface area contributed by atoms with Crippen LogP contribution in [0.4, 0.5) is 15.8 Å². The van der Waals surface area contributed by atoms with E-state index in [2.05, 4.69) is 5.32 Å². The van der Waals surface area contributed by atoms with E-state index in [1.54, 1.807) is 18.2 Å². The molecule has 0 fully saturated rings. The van der Waals surface area contributed by atoms with Gasteiger partial charge in [0.05, 0.1) is 11.1 Å². The number of nitrogen functional groups attached to an aromatic ring is 1. The molecule has 0 unspecified atom stereocenters. The number of anilines is 2. The van der Waals surface area contributed by atoms with Gasteiger partial charge in [0.2, 0.25) is 0 Å². The third-order valence-electron chi connectivity index (χ3n) is 2.91. The monoisotopic (exact) mass is 288 g/mol. The van der Waals surface area contributed by atoms with E-state index in [1.165, 1.54) is 6.07 Å². The van der Waals surface area contributed by atoms with Crippen LogP contribution in [0.1, 0.15) is 26.3 Å². The standard InChI is InChI=1S/C15H13FN2O3/c1-8-2-5-13(17)11(6-8)14(19)18-9-3-4-12(16)10(7-9)15(20)21/h2-7H,17H2,1H3,(H,18,19)(H,20,21). The molecule has 108 valence electrons. The van der Waals surface area contributed by atoms with Crippen LogP contribution in [0.25, 0.3) is 0 Å². The van der Waals surface area contributed by atoms with Crippen molar-refractivity contribution in [2.45, 2.75) is 6.92 Å². The van der Waals surface area contributed by atoms with Gasteiger partial charge in [0.25, 0.3) is 5.91 Å². The van der Waals surface area contributed by atoms with Gasteiger partial charge >= 0.3 is 5.97 Å². The van der Waals surface area contributed by atoms with Crippen molar-refractivity contribution < 1.29 is 19.1 Å². The number of benzene rings is 2. The van der Waals surface area contributed by atoms with Crippen LogP contribution in [0.2, 0.25) is 0 Å². The Hall–Kier alpha value is -2.89. The molecule has 0 spiro atoms. The molecule has 0 radical (unpaired) electrons. The van der Waals surface area contributed by atoms with Gasteiger partial charge in [0.15, 0.2) is 0 Å². The predicted molar refractivity (Wildman–Crippen MR) is 76.9 cm³/mol. The fraction of sp³-hybridized carbons (Fsp3) is 0.0667. The highest BCUT2D eigenvalue weighted by Gasteiger charge is 2.14. The largest absolute Gasteiger partial charge is 0.478 e. The Balaban J connectivity index is 2.29. The summed E-state index contributed by atoms with van der Waals surface area (Å²) in [6, 6.07) is 8.32. The van der Waals surface area contributed by atoms with Gasteiger partial charge in [0, 0.05) is 11.4 Å². The minimum atomic E-state index is -1.40. The Kier molecular flexibility index (Phi) is 3.89. The molecule has 0 aliphatic rings. The summed E-state index contributed by atoms with van der Waals surface area (Å²) in [5.41, 5.74) is 6.84. The number of carbonyl (C=O) groups excluding carboxylic acids is 1. The van der Waals surface area contributed by atoms with E-state index in [1.807, 2.05) is 6.92 Å². The highest BCUT2D eigenvalue weighted by Crippen LogP contribution is 2.18. The SMILES string of the molecule is Cc1ccc(N)c(C(=O)Nc2ccc(F)c(C(=O)O)c2)c1. The number of hydrogen-bond donors (Lipinski definition) is 3. The van der Waals surface area contributed by atoms with Crippen molar-refractivity contribution in [2.75, 3.05) is 11.1 Å². The molecule has 21 heavy (non-hydrogen) atoms. The average molecular weight is 288 g/mol. The van der Waals surface area contributed by atoms with Crippen molar-refractivity contribution in [3.05, 3.63) is 58.9 Å². The number of rotatable bonds is 3. The third kappa shape index (κ3) is 3.17. The number of halogens is 1. The summed E-state index contributed by atoms with van der Waals surface area (Å²) in [6.07, 6.45) is 0. The quantitative estimate of drug-likeness (QED) is 0.757. The molecular weight excluding hydrogens is 275 g/mol. The van der Waals surface area contributed by atoms with Gasteiger partial charge in [-0.1, -0.05) is 11.6 Å². The zero-order valence-corrected chi connectivity index (χ0v) is 11.2. The molecule has 2 aromatic rings. The van der Waals surface area contributed by atoms with Gasteiger partial charge in [-0.2, -0.15) is 0 Å². The molecule has 0 aliphatic heterocycles. The normalized spacial score (nSPS) is 10.2. The molecule has 2 rings (SSSR count). The van der Waals surface area contributed by atoms with E-state index in [4.69, 9.17) is 10.8 Å². The lowest BCUT2D eigenvalue weighted by atomic mass is 10.1. The number of nitrogens with two attached hydrogens (primary N) is 1. The smallest absolute Gasteiger partial charge is 0.338 e. The number of aromatic carboxylic acids is 1. The first kappa shape index (κ1) is 14.5. The van der Waals surface area contributed by atoms with Crippen molar-refractivity contribution in [3.63, 3.8) is 0 Å². The molecule has 0 bridgehead atoms. The van der Waals surface area contributed by atoms with Crippen molar-refractivity contribution >= 4 is 23.3 Å². The Morgan fingerprint density at radius 3 is 2.52 bits per heavy atom. The number of nitrogens with one attached hydrogen (secondary N) is 1. The van der Waals surface area contributed by atoms with E-state index in [-0.39, 0.29) is 11.3 Å². The van der Waals surface area contributed by atoms with Gasteiger partial charge in [-0.05, 0) is 37.3 Å². The Bertz CT molecular complexity index is 729. The van der Waals surface area contributed by atoms with E-state index in [9.17, 15) is 14.0 Å². The van der Waals surface area contributed by atoms with Gasteiger partial charge in [-0.15, -0.1) is 0 Å². The van der Waals surface area contributed by atoms with Crippen LogP contribution in [-0.4, -0.2) is 17.0 Å². The summed E-state index contributed by atoms with van der Waals surface area (Å²) in [6.45, 7) is 1.82. The maximum Gasteiger partial charge on any atom is 0.338 e. The fourth-order valence-electron chi connectivity index (χ4n) is 1.83. The van der Waals surface area contributed by atoms with Crippen LogP contribution in [0.15, 0.2) is 36.4 Å². The molecule has 0 heterocycles. The minimum absolute atomic E-state index is 0.180. The molecule has 0 saturated heterocycles. The molecule has 5 nitrogen and oxygen atoms in total. The Labute approximate surface area is 120 Å². The van der Waals surface area contributed by atoms with Crippen LogP contribution in [0, 0.1) is 12.7 Å². The summed E-state index contributed by atoms with van der Waals surface area (Å²) in [4.78, 5) is 23.0. The number of hydrogen-bond acceptors (Lipinski definition) is 3. The molecule has 0 aliphatic carbocycles. The first-order valence-corrected chi connectivity index (χ1v) is 6.09. The lowest BCUT2D eigenvalue weighted by molar-refractivity contribution is 0.0691. The highest BCUT2D eigenvalue weighted by molar-refractivity contribution is 6.08. The molecule has 4 N–H and O–H groups in total. The van der Waals surface area contributed by atoms with E-state index >= 15 is 0 Å². The number of aryl methyl sites for hydroxylation is 1. The topological polar surface area (TPSA) is 92.4 Å². The fourth-order valence-corrected chi connectivity index (χ4v) is 1.83. The van der Waals surface area contributed by atoms with Gasteiger partial charge in [0.1, 0.15) is 5.82 Å². The lowest BCUT2D eigenvalue weighted by Crippen LogP contribution is -2.15. The second-order valence-corrected chi connectivity index (χ2v) is 4.54. The van der Waals surface area contributed by atoms with Crippen LogP contribution in [0.5, 0.6) is 0 Å². The molecular formula is C15H13FN2O3. The molecule has 0 aromatic heterocycles. The summed E-state index contributed by atoms with van der Waals surface area (Å²) >= 11 is 0. The molecule has 2 aromatic carbocycles. The lowest BCUT2D eigenvalue weighted by Gasteiger charge is -2.09. The maximum atomic E-state index is 13.3. The minimum Gasteiger partial charge on any atom is -0.478 e. The third-order valence-corrected chi connectivity index (χ3v) is 2.91. The zero-order chi connectivity index (χ0) is 15.6. The summed E-state index contributed by atoms with van der Waals surface area (Å²) in [5, 5.41) is 11.3. The number of carboxylic acid groups (broad SMARTS) is 1. The Morgan fingerprint density at radius 1 is 1.14 bits per heavy atom. The van der Waals surface area contributed by atoms with Crippen molar-refractivity contribution in [1.29, 1.82) is 0 Å². The molecule has 0 saturated carbocycles. The summed E-state index contributed by atoms with van der Waals surface area (Å²) < 4.78 is 13.3. The first-order valence-electron chi connectivity index (χ1n) is 6.09. The van der Waals surface area contributed by atoms with Crippen molar-refractivity contribution in [1.82, 2.24) is 0 Å². The van der Waals surface area contributed by atoms with Crippen LogP contribution < -0.4 is 11.1 Å². The van der Waals surface area contributed by atoms with Crippen LogP contribution in [0.3, 0.4) is 0 Å². The second-order valence-electron chi connectivity index (χ2n) is 4.54. The molecule has 0 atom stereocenters.